The number of Topliss-reactive ketones (excluding diaryl/α,β-unsaturated/α-hetero) is 1. The van der Waals surface area contributed by atoms with E-state index in [9.17, 15) is 9.90 Å². The Morgan fingerprint density at radius 3 is 2.39 bits per heavy atom. The largest absolute Gasteiger partial charge is 0.392 e. The van der Waals surface area contributed by atoms with Crippen molar-refractivity contribution in [2.24, 2.45) is 0 Å². The highest BCUT2D eigenvalue weighted by atomic mass is 16.3. The zero-order chi connectivity index (χ0) is 23.6. The molecule has 0 amide bonds. The van der Waals surface area contributed by atoms with E-state index in [1.165, 1.54) is 5.56 Å². The molecular formula is C28H35N3O2. The monoisotopic (exact) mass is 445 g/mol. The third kappa shape index (κ3) is 4.34. The first-order valence-electron chi connectivity index (χ1n) is 12.0. The van der Waals surface area contributed by atoms with E-state index in [1.807, 2.05) is 22.9 Å². The van der Waals surface area contributed by atoms with E-state index in [2.05, 4.69) is 74.5 Å². The van der Waals surface area contributed by atoms with Crippen LogP contribution in [-0.4, -0.2) is 20.7 Å². The van der Waals surface area contributed by atoms with E-state index < -0.39 is 0 Å². The van der Waals surface area contributed by atoms with E-state index in [0.29, 0.717) is 12.0 Å². The molecule has 0 radical (unpaired) electrons. The molecule has 174 valence electrons. The van der Waals surface area contributed by atoms with E-state index in [4.69, 9.17) is 0 Å². The number of aromatic nitrogens is 2. The minimum atomic E-state index is -0.247. The lowest BCUT2D eigenvalue weighted by atomic mass is 9.71. The summed E-state index contributed by atoms with van der Waals surface area (Å²) in [6.45, 7) is 8.68. The van der Waals surface area contributed by atoms with Crippen LogP contribution in [0.25, 0.3) is 0 Å². The standard InChI is InChI=1S/C28H35N3O2/c1-5-28(6-2,22-14-12-20(19-32)13-15-22)17-25(33)23-18-29-31-26(23)30-24(16-27(31,3)4)21-10-8-7-9-11-21/h7-15,18,24,30,32H,5-6,16-17,19H2,1-4H3/t24-/m1/s1. The van der Waals surface area contributed by atoms with Crippen LogP contribution in [0.3, 0.4) is 0 Å². The van der Waals surface area contributed by atoms with Crippen LogP contribution in [0.1, 0.15) is 86.5 Å². The maximum atomic E-state index is 13.7. The Morgan fingerprint density at radius 2 is 1.79 bits per heavy atom. The number of fused-ring (bicyclic) bond motifs is 1. The van der Waals surface area contributed by atoms with Gasteiger partial charge in [0.2, 0.25) is 0 Å². The van der Waals surface area contributed by atoms with Gasteiger partial charge in [0.15, 0.2) is 5.78 Å². The molecule has 0 bridgehead atoms. The number of carbonyl (C=O) groups excluding carboxylic acids is 1. The number of ketones is 1. The molecule has 5 heteroatoms. The number of hydrogen-bond donors (Lipinski definition) is 2. The maximum absolute atomic E-state index is 13.7. The van der Waals surface area contributed by atoms with Crippen LogP contribution in [0, 0.1) is 0 Å². The molecule has 0 spiro atoms. The van der Waals surface area contributed by atoms with Gasteiger partial charge in [-0.25, -0.2) is 4.68 Å². The van der Waals surface area contributed by atoms with Crippen LogP contribution in [0.5, 0.6) is 0 Å². The normalized spacial score (nSPS) is 17.3. The molecule has 2 N–H and O–H groups in total. The molecule has 5 nitrogen and oxygen atoms in total. The number of aliphatic hydroxyl groups is 1. The lowest BCUT2D eigenvalue weighted by Gasteiger charge is -2.38. The molecule has 0 unspecified atom stereocenters. The highest BCUT2D eigenvalue weighted by molar-refractivity contribution is 6.01. The lowest BCUT2D eigenvalue weighted by Crippen LogP contribution is -2.38. The zero-order valence-electron chi connectivity index (χ0n) is 20.1. The van der Waals surface area contributed by atoms with E-state index in [1.54, 1.807) is 6.20 Å². The number of carbonyl (C=O) groups is 1. The summed E-state index contributed by atoms with van der Waals surface area (Å²) in [6, 6.07) is 18.6. The second-order valence-corrected chi connectivity index (χ2v) is 9.89. The number of nitrogens with one attached hydrogen (secondary N) is 1. The van der Waals surface area contributed by atoms with Crippen LogP contribution in [0.4, 0.5) is 5.82 Å². The Bertz CT molecular complexity index is 1100. The van der Waals surface area contributed by atoms with Crippen LogP contribution in [0.15, 0.2) is 60.8 Å². The summed E-state index contributed by atoms with van der Waals surface area (Å²) < 4.78 is 1.98. The van der Waals surface area contributed by atoms with Gasteiger partial charge in [0.05, 0.1) is 29.9 Å². The van der Waals surface area contributed by atoms with Gasteiger partial charge < -0.3 is 10.4 Å². The molecule has 1 aliphatic heterocycles. The van der Waals surface area contributed by atoms with Gasteiger partial charge in [-0.15, -0.1) is 0 Å². The first-order valence-corrected chi connectivity index (χ1v) is 12.0. The highest BCUT2D eigenvalue weighted by Gasteiger charge is 2.38. The predicted octanol–water partition coefficient (Wildman–Crippen LogP) is 6.00. The van der Waals surface area contributed by atoms with Gasteiger partial charge >= 0.3 is 0 Å². The average molecular weight is 446 g/mol. The summed E-state index contributed by atoms with van der Waals surface area (Å²) in [5, 5.41) is 17.7. The predicted molar refractivity (Wildman–Crippen MR) is 133 cm³/mol. The third-order valence-electron chi connectivity index (χ3n) is 7.46. The summed E-state index contributed by atoms with van der Waals surface area (Å²) in [5.41, 5.74) is 3.47. The fourth-order valence-corrected chi connectivity index (χ4v) is 5.22. The summed E-state index contributed by atoms with van der Waals surface area (Å²) in [5.74, 6) is 0.935. The molecule has 0 saturated carbocycles. The topological polar surface area (TPSA) is 67.2 Å². The molecule has 2 aromatic carbocycles. The number of hydrogen-bond acceptors (Lipinski definition) is 4. The first kappa shape index (κ1) is 23.2. The highest BCUT2D eigenvalue weighted by Crippen LogP contribution is 2.42. The quantitative estimate of drug-likeness (QED) is 0.418. The fraction of sp³-hybridized carbons (Fsp3) is 0.429. The minimum absolute atomic E-state index is 0.0248. The molecule has 1 atom stereocenters. The van der Waals surface area contributed by atoms with Crippen LogP contribution < -0.4 is 5.32 Å². The summed E-state index contributed by atoms with van der Waals surface area (Å²) in [7, 11) is 0. The van der Waals surface area contributed by atoms with Gasteiger partial charge in [0.25, 0.3) is 0 Å². The van der Waals surface area contributed by atoms with Crippen molar-refractivity contribution in [2.75, 3.05) is 5.32 Å². The molecule has 0 aliphatic carbocycles. The molecule has 3 aromatic rings. The number of aliphatic hydroxyl groups excluding tert-OH is 1. The SMILES string of the molecule is CCC(CC)(CC(=O)c1cnn2c1N[C@@H](c1ccccc1)CC2(C)C)c1ccc(CO)cc1. The first-order chi connectivity index (χ1) is 15.8. The second kappa shape index (κ2) is 9.14. The molecule has 1 aromatic heterocycles. The van der Waals surface area contributed by atoms with Crippen molar-refractivity contribution in [3.05, 3.63) is 83.0 Å². The number of benzene rings is 2. The van der Waals surface area contributed by atoms with Crippen molar-refractivity contribution >= 4 is 11.6 Å². The Labute approximate surface area is 196 Å². The molecule has 0 fully saturated rings. The van der Waals surface area contributed by atoms with Gasteiger partial charge in [-0.3, -0.25) is 4.79 Å². The average Bonchev–Trinajstić information content (AvgIpc) is 3.28. The number of anilines is 1. The second-order valence-electron chi connectivity index (χ2n) is 9.89. The third-order valence-corrected chi connectivity index (χ3v) is 7.46. The molecule has 1 aliphatic rings. The summed E-state index contributed by atoms with van der Waals surface area (Å²) in [4.78, 5) is 13.7. The Kier molecular flexibility index (Phi) is 6.44. The Balaban J connectivity index is 1.66. The van der Waals surface area contributed by atoms with Gasteiger partial charge in [-0.1, -0.05) is 68.4 Å². The molecule has 33 heavy (non-hydrogen) atoms. The van der Waals surface area contributed by atoms with Crippen molar-refractivity contribution in [1.82, 2.24) is 9.78 Å². The fourth-order valence-electron chi connectivity index (χ4n) is 5.22. The number of nitrogens with zero attached hydrogens (tertiary/aromatic N) is 2. The zero-order valence-corrected chi connectivity index (χ0v) is 20.1. The number of rotatable bonds is 8. The van der Waals surface area contributed by atoms with E-state index >= 15 is 0 Å². The van der Waals surface area contributed by atoms with Gasteiger partial charge in [-0.05, 0) is 49.8 Å². The van der Waals surface area contributed by atoms with Crippen molar-refractivity contribution in [3.63, 3.8) is 0 Å². The Hall–Kier alpha value is -2.92. The lowest BCUT2D eigenvalue weighted by molar-refractivity contribution is 0.0944. The molecule has 0 saturated heterocycles. The van der Waals surface area contributed by atoms with E-state index in [-0.39, 0.29) is 29.4 Å². The van der Waals surface area contributed by atoms with Crippen molar-refractivity contribution in [1.29, 1.82) is 0 Å². The Morgan fingerprint density at radius 1 is 1.12 bits per heavy atom. The summed E-state index contributed by atoms with van der Waals surface area (Å²) in [6.07, 6.45) is 4.79. The van der Waals surface area contributed by atoms with Crippen molar-refractivity contribution in [3.8, 4) is 0 Å². The van der Waals surface area contributed by atoms with Crippen LogP contribution in [0.2, 0.25) is 0 Å². The summed E-state index contributed by atoms with van der Waals surface area (Å²) >= 11 is 0. The minimum Gasteiger partial charge on any atom is -0.392 e. The maximum Gasteiger partial charge on any atom is 0.169 e. The van der Waals surface area contributed by atoms with Gasteiger partial charge in [0.1, 0.15) is 5.82 Å². The van der Waals surface area contributed by atoms with Gasteiger partial charge in [-0.2, -0.15) is 5.10 Å². The van der Waals surface area contributed by atoms with Crippen LogP contribution >= 0.6 is 0 Å². The van der Waals surface area contributed by atoms with Gasteiger partial charge in [0, 0.05) is 11.8 Å². The van der Waals surface area contributed by atoms with Crippen LogP contribution in [-0.2, 0) is 17.6 Å². The van der Waals surface area contributed by atoms with E-state index in [0.717, 1.165) is 36.2 Å². The van der Waals surface area contributed by atoms with Crippen molar-refractivity contribution in [2.45, 2.75) is 77.0 Å². The molecule has 4 rings (SSSR count). The molecular weight excluding hydrogens is 410 g/mol. The van der Waals surface area contributed by atoms with Crippen molar-refractivity contribution < 1.29 is 9.90 Å². The molecule has 2 heterocycles. The smallest absolute Gasteiger partial charge is 0.169 e.